The van der Waals surface area contributed by atoms with E-state index in [0.29, 0.717) is 0 Å². The molecule has 0 aliphatic rings. The van der Waals surface area contributed by atoms with Crippen molar-refractivity contribution >= 4 is 18.6 Å². The molecule has 0 aromatic rings. The Morgan fingerprint density at radius 1 is 2.00 bits per heavy atom. The van der Waals surface area contributed by atoms with Gasteiger partial charge < -0.3 is 0 Å². The molecule has 0 bridgehead atoms. The first-order chi connectivity index (χ1) is 2.64. The van der Waals surface area contributed by atoms with Crippen LogP contribution in [0.3, 0.4) is 0 Å². The number of carboxylic acids is 1. The Labute approximate surface area is 57.3 Å². The number of carboxylic acid groups (broad SMARTS) is 1. The van der Waals surface area contributed by atoms with Crippen LogP contribution in [0.15, 0.2) is 0 Å². The van der Waals surface area contributed by atoms with E-state index in [1.54, 1.807) is 0 Å². The van der Waals surface area contributed by atoms with E-state index in [0.717, 1.165) is 0 Å². The molecule has 31 valence electrons. The van der Waals surface area contributed by atoms with Crippen molar-refractivity contribution < 1.29 is 36.0 Å². The summed E-state index contributed by atoms with van der Waals surface area (Å²) in [5, 5.41) is 7.96. The normalized spacial score (nSPS) is 13.8. The first-order valence-corrected chi connectivity index (χ1v) is 5.07. The molecular weight excluding hydrogens is 289 g/mol. The first-order valence-electron chi connectivity index (χ1n) is 1.38. The average Bonchev–Trinajstić information content (AvgIpc) is 1.36. The van der Waals surface area contributed by atoms with Crippen LogP contribution in [0.2, 0.25) is 0 Å². The molecule has 0 aromatic heterocycles. The van der Waals surface area contributed by atoms with Crippen molar-refractivity contribution in [1.82, 2.24) is 0 Å². The van der Waals surface area contributed by atoms with Gasteiger partial charge in [-0.1, -0.05) is 0 Å². The van der Waals surface area contributed by atoms with E-state index in [2.05, 4.69) is 12.6 Å². The van der Waals surface area contributed by atoms with Crippen LogP contribution in [0.5, 0.6) is 0 Å². The molecule has 2 nitrogen and oxygen atoms in total. The van der Waals surface area contributed by atoms with E-state index >= 15 is 0 Å². The number of thiol groups is 1. The summed E-state index contributed by atoms with van der Waals surface area (Å²) in [5.41, 5.74) is 0. The van der Waals surface area contributed by atoms with Crippen LogP contribution >= 0.6 is 12.6 Å². The Kier molecular flexibility index (Phi) is 3.21. The van der Waals surface area contributed by atoms with Crippen LogP contribution in [0.25, 0.3) is 0 Å². The van der Waals surface area contributed by atoms with Gasteiger partial charge in [0.1, 0.15) is 0 Å². The zero-order chi connectivity index (χ0) is 5.15. The summed E-state index contributed by atoms with van der Waals surface area (Å²) >= 11 is 3.94. The van der Waals surface area contributed by atoms with Gasteiger partial charge in [0.2, 0.25) is 0 Å². The van der Waals surface area contributed by atoms with E-state index in [-0.39, 0.29) is 28.9 Å². The van der Waals surface area contributed by atoms with Crippen molar-refractivity contribution in [3.8, 4) is 0 Å². The summed E-state index contributed by atoms with van der Waals surface area (Å²) in [5.74, 6) is -0.790. The summed E-state index contributed by atoms with van der Waals surface area (Å²) in [4.78, 5) is 9.67. The summed E-state index contributed by atoms with van der Waals surface area (Å²) in [6.45, 7) is 0. The van der Waals surface area contributed by atoms with Gasteiger partial charge in [0.25, 0.3) is 0 Å². The summed E-state index contributed by atoms with van der Waals surface area (Å²) in [7, 11) is 0. The van der Waals surface area contributed by atoms with Gasteiger partial charge in [-0.15, -0.1) is 0 Å². The predicted octanol–water partition coefficient (Wildman–Crippen LogP) is -0.126. The van der Waals surface area contributed by atoms with Gasteiger partial charge in [0, 0.05) is 0 Å². The zero-order valence-corrected chi connectivity index (χ0v) is 9.48. The second-order valence-electron chi connectivity index (χ2n) is 0.854. The standard InChI is InChI=1S/C2H3O2S.Hg/c3-2(4)1-5;/h1,5H,(H,3,4);. The minimum absolute atomic E-state index is 0.263. The molecule has 1 N–H and O–H groups in total. The molecule has 0 aliphatic heterocycles. The topological polar surface area (TPSA) is 37.3 Å². The molecule has 0 fully saturated rings. The van der Waals surface area contributed by atoms with Crippen LogP contribution in [-0.4, -0.2) is 13.8 Å². The van der Waals surface area contributed by atoms with E-state index in [9.17, 15) is 4.79 Å². The molecule has 0 rings (SSSR count). The number of rotatable bonds is 1. The number of aliphatic carboxylic acids is 1. The molecule has 6 heavy (non-hydrogen) atoms. The Morgan fingerprint density at radius 3 is 2.17 bits per heavy atom. The molecule has 0 amide bonds. The van der Waals surface area contributed by atoms with Crippen molar-refractivity contribution in [2.75, 3.05) is 0 Å². The summed E-state index contributed by atoms with van der Waals surface area (Å²) < 4.78 is -0.343. The number of hydrogen-bond donors (Lipinski definition) is 2. The van der Waals surface area contributed by atoms with Gasteiger partial charge >= 0.3 is 57.4 Å². The molecular formula is C2H3HgO2S. The SMILES string of the molecule is O=C(O)[CH](S)[Hg]. The molecule has 0 heterocycles. The Bertz CT molecular complexity index is 62.6. The fourth-order valence-electron chi connectivity index (χ4n) is 0. The van der Waals surface area contributed by atoms with Crippen LogP contribution in [-0.2, 0) is 30.9 Å². The van der Waals surface area contributed by atoms with E-state index in [1.807, 2.05) is 0 Å². The molecule has 0 radical (unpaired) electrons. The minimum atomic E-state index is -0.790. The molecule has 0 spiro atoms. The van der Waals surface area contributed by atoms with E-state index in [1.165, 1.54) is 0 Å². The molecule has 0 aromatic carbocycles. The zero-order valence-electron chi connectivity index (χ0n) is 3.09. The third kappa shape index (κ3) is 2.97. The van der Waals surface area contributed by atoms with Crippen molar-refractivity contribution in [2.45, 2.75) is 2.76 Å². The molecule has 1 atom stereocenters. The van der Waals surface area contributed by atoms with Gasteiger partial charge in [0.05, 0.1) is 0 Å². The third-order valence-electron chi connectivity index (χ3n) is 0.285. The maximum absolute atomic E-state index is 9.67. The molecule has 0 aliphatic carbocycles. The molecule has 0 saturated heterocycles. The molecule has 1 unspecified atom stereocenters. The Hall–Kier alpha value is 0.755. The van der Waals surface area contributed by atoms with Crippen LogP contribution in [0.4, 0.5) is 0 Å². The first kappa shape index (κ1) is 6.76. The fourth-order valence-corrected chi connectivity index (χ4v) is 0. The van der Waals surface area contributed by atoms with E-state index in [4.69, 9.17) is 5.11 Å². The van der Waals surface area contributed by atoms with Crippen molar-refractivity contribution in [3.05, 3.63) is 0 Å². The van der Waals surface area contributed by atoms with Gasteiger partial charge in [0.15, 0.2) is 0 Å². The maximum atomic E-state index is 9.67. The Morgan fingerprint density at radius 2 is 2.17 bits per heavy atom. The fraction of sp³-hybridized carbons (Fsp3) is 0.500. The molecule has 0 saturated carbocycles. The van der Waals surface area contributed by atoms with Crippen molar-refractivity contribution in [2.24, 2.45) is 0 Å². The van der Waals surface area contributed by atoms with Crippen LogP contribution in [0, 0.1) is 0 Å². The van der Waals surface area contributed by atoms with Crippen molar-refractivity contribution in [3.63, 3.8) is 0 Å². The van der Waals surface area contributed by atoms with Crippen LogP contribution in [0.1, 0.15) is 0 Å². The molecule has 4 heteroatoms. The quantitative estimate of drug-likeness (QED) is 0.522. The van der Waals surface area contributed by atoms with Crippen molar-refractivity contribution in [1.29, 1.82) is 0 Å². The van der Waals surface area contributed by atoms with Gasteiger partial charge in [-0.25, -0.2) is 0 Å². The van der Waals surface area contributed by atoms with Crippen LogP contribution < -0.4 is 0 Å². The summed E-state index contributed by atoms with van der Waals surface area (Å²) in [6.07, 6.45) is 0. The third-order valence-corrected chi connectivity index (χ3v) is 1.86. The van der Waals surface area contributed by atoms with Gasteiger partial charge in [-0.2, -0.15) is 0 Å². The second-order valence-corrected chi connectivity index (χ2v) is 7.32. The van der Waals surface area contributed by atoms with Gasteiger partial charge in [-0.3, -0.25) is 0 Å². The number of hydrogen-bond acceptors (Lipinski definition) is 2. The monoisotopic (exact) mass is 293 g/mol. The average molecular weight is 292 g/mol. The van der Waals surface area contributed by atoms with Gasteiger partial charge in [-0.05, 0) is 0 Å². The second kappa shape index (κ2) is 2.85. The van der Waals surface area contributed by atoms with E-state index < -0.39 is 5.97 Å². The Balaban J connectivity index is 3.26. The number of carbonyl (C=O) groups is 1. The summed E-state index contributed by atoms with van der Waals surface area (Å²) in [6, 6.07) is 0. The predicted molar refractivity (Wildman–Crippen MR) is 20.4 cm³/mol.